The summed E-state index contributed by atoms with van der Waals surface area (Å²) in [5.74, 6) is 0.123. The number of rotatable bonds is 4. The second kappa shape index (κ2) is 5.12. The Bertz CT molecular complexity index is 631. The molecule has 0 aliphatic rings. The molecular weight excluding hydrogens is 266 g/mol. The first kappa shape index (κ1) is 13.1. The lowest BCUT2D eigenvalue weighted by molar-refractivity contribution is 0.595. The van der Waals surface area contributed by atoms with Crippen molar-refractivity contribution in [3.63, 3.8) is 0 Å². The van der Waals surface area contributed by atoms with Gasteiger partial charge < -0.3 is 5.73 Å². The van der Waals surface area contributed by atoms with Crippen LogP contribution in [0, 0.1) is 6.92 Å². The fraction of sp³-hybridized carbons (Fsp3) is 0.231. The standard InChI is InChI=1S/C13H15NO2S2/c1-10-4-5-11(14)9-13(10)18(15,16)8-6-12-3-2-7-17-12/h2-5,7,9H,6,8,14H2,1H3. The molecule has 96 valence electrons. The van der Waals surface area contributed by atoms with Crippen molar-refractivity contribution < 1.29 is 8.42 Å². The summed E-state index contributed by atoms with van der Waals surface area (Å²) in [4.78, 5) is 1.43. The van der Waals surface area contributed by atoms with Crippen LogP contribution in [0.25, 0.3) is 0 Å². The van der Waals surface area contributed by atoms with E-state index in [9.17, 15) is 8.42 Å². The molecule has 0 saturated carbocycles. The third-order valence-corrected chi connectivity index (χ3v) is 5.53. The number of aryl methyl sites for hydroxylation is 2. The molecule has 0 atom stereocenters. The number of sulfone groups is 1. The maximum Gasteiger partial charge on any atom is 0.179 e. The highest BCUT2D eigenvalue weighted by Crippen LogP contribution is 2.21. The zero-order valence-corrected chi connectivity index (χ0v) is 11.7. The van der Waals surface area contributed by atoms with E-state index in [1.807, 2.05) is 17.5 Å². The Kier molecular flexibility index (Phi) is 3.73. The second-order valence-corrected chi connectivity index (χ2v) is 7.28. The van der Waals surface area contributed by atoms with E-state index in [4.69, 9.17) is 5.73 Å². The maximum absolute atomic E-state index is 12.2. The normalized spacial score (nSPS) is 11.6. The predicted octanol–water partition coefficient (Wildman–Crippen LogP) is 2.66. The van der Waals surface area contributed by atoms with Crippen molar-refractivity contribution in [3.05, 3.63) is 46.2 Å². The quantitative estimate of drug-likeness (QED) is 0.876. The van der Waals surface area contributed by atoms with Gasteiger partial charge in [-0.3, -0.25) is 0 Å². The average molecular weight is 281 g/mol. The summed E-state index contributed by atoms with van der Waals surface area (Å²) in [7, 11) is -3.26. The molecule has 0 aliphatic carbocycles. The molecule has 1 heterocycles. The fourth-order valence-corrected chi connectivity index (χ4v) is 4.17. The monoisotopic (exact) mass is 281 g/mol. The lowest BCUT2D eigenvalue weighted by Crippen LogP contribution is -2.10. The van der Waals surface area contributed by atoms with Gasteiger partial charge in [0.25, 0.3) is 0 Å². The first-order valence-electron chi connectivity index (χ1n) is 5.60. The summed E-state index contributed by atoms with van der Waals surface area (Å²) in [6, 6.07) is 8.88. The van der Waals surface area contributed by atoms with Gasteiger partial charge in [-0.25, -0.2) is 8.42 Å². The van der Waals surface area contributed by atoms with E-state index in [2.05, 4.69) is 0 Å². The zero-order chi connectivity index (χ0) is 13.2. The van der Waals surface area contributed by atoms with Gasteiger partial charge in [-0.05, 0) is 42.5 Å². The van der Waals surface area contributed by atoms with Gasteiger partial charge in [-0.2, -0.15) is 0 Å². The Labute approximate surface area is 111 Å². The Hall–Kier alpha value is -1.33. The Morgan fingerprint density at radius 3 is 2.72 bits per heavy atom. The number of nitrogen functional groups attached to an aromatic ring is 1. The number of nitrogens with two attached hydrogens (primary N) is 1. The molecule has 0 aliphatic heterocycles. The molecular formula is C13H15NO2S2. The summed E-state index contributed by atoms with van der Waals surface area (Å²) >= 11 is 1.58. The van der Waals surface area contributed by atoms with Crippen molar-refractivity contribution in [1.82, 2.24) is 0 Å². The molecule has 1 aromatic heterocycles. The molecule has 0 amide bonds. The van der Waals surface area contributed by atoms with Crippen molar-refractivity contribution in [1.29, 1.82) is 0 Å². The van der Waals surface area contributed by atoms with Crippen LogP contribution in [0.1, 0.15) is 10.4 Å². The highest BCUT2D eigenvalue weighted by molar-refractivity contribution is 7.91. The SMILES string of the molecule is Cc1ccc(N)cc1S(=O)(=O)CCc1cccs1. The fourth-order valence-electron chi connectivity index (χ4n) is 1.75. The number of benzene rings is 1. The lowest BCUT2D eigenvalue weighted by Gasteiger charge is -2.08. The summed E-state index contributed by atoms with van der Waals surface area (Å²) in [5.41, 5.74) is 6.88. The van der Waals surface area contributed by atoms with Crippen LogP contribution in [0.4, 0.5) is 5.69 Å². The first-order valence-corrected chi connectivity index (χ1v) is 8.13. The third kappa shape index (κ3) is 2.91. The molecule has 18 heavy (non-hydrogen) atoms. The Balaban J connectivity index is 2.22. The Morgan fingerprint density at radius 2 is 2.06 bits per heavy atom. The second-order valence-electron chi connectivity index (χ2n) is 4.17. The summed E-state index contributed by atoms with van der Waals surface area (Å²) < 4.78 is 24.5. The average Bonchev–Trinajstić information content (AvgIpc) is 2.83. The van der Waals surface area contributed by atoms with Crippen molar-refractivity contribution in [2.45, 2.75) is 18.2 Å². The minimum Gasteiger partial charge on any atom is -0.399 e. The van der Waals surface area contributed by atoms with Crippen LogP contribution in [0.15, 0.2) is 40.6 Å². The van der Waals surface area contributed by atoms with Crippen LogP contribution in [-0.2, 0) is 16.3 Å². The summed E-state index contributed by atoms with van der Waals surface area (Å²) in [6.45, 7) is 1.79. The lowest BCUT2D eigenvalue weighted by atomic mass is 10.2. The van der Waals surface area contributed by atoms with Crippen LogP contribution < -0.4 is 5.73 Å². The molecule has 2 N–H and O–H groups in total. The van der Waals surface area contributed by atoms with E-state index >= 15 is 0 Å². The maximum atomic E-state index is 12.2. The highest BCUT2D eigenvalue weighted by Gasteiger charge is 2.17. The van der Waals surface area contributed by atoms with E-state index in [-0.39, 0.29) is 5.75 Å². The number of thiophene rings is 1. The van der Waals surface area contributed by atoms with Gasteiger partial charge in [-0.15, -0.1) is 11.3 Å². The van der Waals surface area contributed by atoms with Gasteiger partial charge in [0.05, 0.1) is 10.6 Å². The van der Waals surface area contributed by atoms with Crippen molar-refractivity contribution in [2.24, 2.45) is 0 Å². The molecule has 0 bridgehead atoms. The summed E-state index contributed by atoms with van der Waals surface area (Å²) in [5, 5.41) is 1.95. The molecule has 1 aromatic carbocycles. The topological polar surface area (TPSA) is 60.2 Å². The van der Waals surface area contributed by atoms with Gasteiger partial charge in [0, 0.05) is 10.6 Å². The largest absolute Gasteiger partial charge is 0.399 e. The highest BCUT2D eigenvalue weighted by atomic mass is 32.2. The molecule has 2 rings (SSSR count). The molecule has 0 unspecified atom stereocenters. The molecule has 5 heteroatoms. The van der Waals surface area contributed by atoms with Gasteiger partial charge in [0.15, 0.2) is 9.84 Å². The van der Waals surface area contributed by atoms with E-state index in [1.54, 1.807) is 36.5 Å². The minimum atomic E-state index is -3.26. The van der Waals surface area contributed by atoms with E-state index in [1.165, 1.54) is 0 Å². The van der Waals surface area contributed by atoms with E-state index < -0.39 is 9.84 Å². The van der Waals surface area contributed by atoms with Crippen LogP contribution in [0.5, 0.6) is 0 Å². The minimum absolute atomic E-state index is 0.123. The molecule has 0 saturated heterocycles. The van der Waals surface area contributed by atoms with Crippen LogP contribution in [-0.4, -0.2) is 14.2 Å². The van der Waals surface area contributed by atoms with Gasteiger partial charge in [-0.1, -0.05) is 12.1 Å². The molecule has 2 aromatic rings. The zero-order valence-electron chi connectivity index (χ0n) is 10.1. The van der Waals surface area contributed by atoms with E-state index in [0.717, 1.165) is 10.4 Å². The number of hydrogen-bond acceptors (Lipinski definition) is 4. The smallest absolute Gasteiger partial charge is 0.179 e. The van der Waals surface area contributed by atoms with Crippen LogP contribution in [0.3, 0.4) is 0 Å². The summed E-state index contributed by atoms with van der Waals surface area (Å²) in [6.07, 6.45) is 0.550. The van der Waals surface area contributed by atoms with Crippen LogP contribution >= 0.6 is 11.3 Å². The number of anilines is 1. The van der Waals surface area contributed by atoms with Crippen molar-refractivity contribution >= 4 is 26.9 Å². The van der Waals surface area contributed by atoms with Gasteiger partial charge >= 0.3 is 0 Å². The van der Waals surface area contributed by atoms with Gasteiger partial charge in [0.2, 0.25) is 0 Å². The third-order valence-electron chi connectivity index (χ3n) is 2.74. The molecule has 0 fully saturated rings. The van der Waals surface area contributed by atoms with Crippen molar-refractivity contribution in [2.75, 3.05) is 11.5 Å². The van der Waals surface area contributed by atoms with Gasteiger partial charge in [0.1, 0.15) is 0 Å². The molecule has 0 spiro atoms. The molecule has 0 radical (unpaired) electrons. The van der Waals surface area contributed by atoms with E-state index in [0.29, 0.717) is 17.0 Å². The number of hydrogen-bond donors (Lipinski definition) is 1. The first-order chi connectivity index (χ1) is 8.49. The van der Waals surface area contributed by atoms with Crippen LogP contribution in [0.2, 0.25) is 0 Å². The molecule has 3 nitrogen and oxygen atoms in total. The van der Waals surface area contributed by atoms with Crippen molar-refractivity contribution in [3.8, 4) is 0 Å². The Morgan fingerprint density at radius 1 is 1.28 bits per heavy atom. The predicted molar refractivity (Wildman–Crippen MR) is 75.7 cm³/mol.